The van der Waals surface area contributed by atoms with Crippen molar-refractivity contribution in [3.63, 3.8) is 0 Å². The van der Waals surface area contributed by atoms with E-state index in [0.717, 1.165) is 25.3 Å². The van der Waals surface area contributed by atoms with E-state index in [4.69, 9.17) is 4.42 Å². The van der Waals surface area contributed by atoms with Crippen LogP contribution in [0.25, 0.3) is 0 Å². The lowest BCUT2D eigenvalue weighted by atomic mass is 10.1. The molecule has 1 saturated heterocycles. The van der Waals surface area contributed by atoms with Crippen LogP contribution in [0.4, 0.5) is 0 Å². The van der Waals surface area contributed by atoms with Crippen LogP contribution in [-0.2, 0) is 4.79 Å². The summed E-state index contributed by atoms with van der Waals surface area (Å²) in [5.41, 5.74) is 0. The predicted molar refractivity (Wildman–Crippen MR) is 73.8 cm³/mol. The van der Waals surface area contributed by atoms with Crippen molar-refractivity contribution in [3.05, 3.63) is 24.2 Å². The van der Waals surface area contributed by atoms with Crippen LogP contribution in [0.15, 0.2) is 22.8 Å². The van der Waals surface area contributed by atoms with Crippen LogP contribution < -0.4 is 10.6 Å². The summed E-state index contributed by atoms with van der Waals surface area (Å²) >= 11 is 0. The van der Waals surface area contributed by atoms with Crippen molar-refractivity contribution in [3.8, 4) is 0 Å². The predicted octanol–water partition coefficient (Wildman–Crippen LogP) is 1.14. The lowest BCUT2D eigenvalue weighted by molar-refractivity contribution is -0.123. The highest BCUT2D eigenvalue weighted by Gasteiger charge is 2.20. The first-order valence-corrected chi connectivity index (χ1v) is 6.90. The van der Waals surface area contributed by atoms with E-state index in [1.165, 1.54) is 6.42 Å². The Labute approximate surface area is 114 Å². The molecule has 2 unspecified atom stereocenters. The highest BCUT2D eigenvalue weighted by molar-refractivity contribution is 5.78. The molecule has 0 bridgehead atoms. The fraction of sp³-hybridized carbons (Fsp3) is 0.643. The Bertz CT molecular complexity index is 385. The van der Waals surface area contributed by atoms with Gasteiger partial charge < -0.3 is 15.1 Å². The number of nitrogens with zero attached hydrogens (tertiary/aromatic N) is 1. The molecule has 106 valence electrons. The average Bonchev–Trinajstić information content (AvgIpc) is 2.93. The molecule has 0 saturated carbocycles. The number of hydrogen-bond acceptors (Lipinski definition) is 4. The van der Waals surface area contributed by atoms with Crippen molar-refractivity contribution >= 4 is 5.91 Å². The fourth-order valence-corrected chi connectivity index (χ4v) is 2.46. The fourth-order valence-electron chi connectivity index (χ4n) is 2.46. The molecule has 2 rings (SSSR count). The quantitative estimate of drug-likeness (QED) is 0.838. The number of rotatable bonds is 5. The van der Waals surface area contributed by atoms with Crippen LogP contribution in [0.2, 0.25) is 0 Å². The zero-order chi connectivity index (χ0) is 13.7. The van der Waals surface area contributed by atoms with Gasteiger partial charge in [-0.05, 0) is 45.5 Å². The Balaban J connectivity index is 1.77. The molecule has 1 amide bonds. The maximum absolute atomic E-state index is 12.0. The standard InChI is InChI=1S/C14H23N3O2/c1-11(13-6-4-8-19-13)16-14(18)10-17(2)12-5-3-7-15-9-12/h4,6,8,11-12,15H,3,5,7,9-10H2,1-2H3,(H,16,18). The molecule has 5 nitrogen and oxygen atoms in total. The summed E-state index contributed by atoms with van der Waals surface area (Å²) in [5.74, 6) is 0.826. The SMILES string of the molecule is CC(NC(=O)CN(C)C1CCCNC1)c1ccco1. The first kappa shape index (κ1) is 14.1. The molecule has 1 fully saturated rings. The second-order valence-corrected chi connectivity index (χ2v) is 5.22. The number of furan rings is 1. The minimum Gasteiger partial charge on any atom is -0.467 e. The molecular formula is C14H23N3O2. The number of nitrogens with one attached hydrogen (secondary N) is 2. The number of hydrogen-bond donors (Lipinski definition) is 2. The van der Waals surface area contributed by atoms with Gasteiger partial charge in [-0.25, -0.2) is 0 Å². The smallest absolute Gasteiger partial charge is 0.234 e. The third kappa shape index (κ3) is 4.08. The lowest BCUT2D eigenvalue weighted by Crippen LogP contribution is -2.47. The van der Waals surface area contributed by atoms with Gasteiger partial charge in [0.25, 0.3) is 0 Å². The van der Waals surface area contributed by atoms with Crippen molar-refractivity contribution < 1.29 is 9.21 Å². The van der Waals surface area contributed by atoms with E-state index in [2.05, 4.69) is 15.5 Å². The summed E-state index contributed by atoms with van der Waals surface area (Å²) in [7, 11) is 2.01. The molecule has 0 radical (unpaired) electrons. The van der Waals surface area contributed by atoms with Gasteiger partial charge in [-0.15, -0.1) is 0 Å². The second-order valence-electron chi connectivity index (χ2n) is 5.22. The third-order valence-electron chi connectivity index (χ3n) is 3.63. The molecule has 0 aromatic carbocycles. The third-order valence-corrected chi connectivity index (χ3v) is 3.63. The lowest BCUT2D eigenvalue weighted by Gasteiger charge is -2.31. The Morgan fingerprint density at radius 1 is 1.68 bits per heavy atom. The largest absolute Gasteiger partial charge is 0.467 e. The van der Waals surface area contributed by atoms with Gasteiger partial charge in [-0.2, -0.15) is 0 Å². The number of carbonyl (C=O) groups is 1. The highest BCUT2D eigenvalue weighted by Crippen LogP contribution is 2.12. The first-order chi connectivity index (χ1) is 9.16. The molecule has 1 aromatic heterocycles. The first-order valence-electron chi connectivity index (χ1n) is 6.90. The normalized spacial score (nSPS) is 21.3. The highest BCUT2D eigenvalue weighted by atomic mass is 16.3. The molecule has 19 heavy (non-hydrogen) atoms. The van der Waals surface area contributed by atoms with E-state index in [1.54, 1.807) is 6.26 Å². The molecule has 1 aromatic rings. The molecule has 0 spiro atoms. The zero-order valence-electron chi connectivity index (χ0n) is 11.7. The van der Waals surface area contributed by atoms with E-state index >= 15 is 0 Å². The van der Waals surface area contributed by atoms with Gasteiger partial charge in [0.2, 0.25) is 5.91 Å². The Kier molecular flexibility index (Phi) is 4.99. The van der Waals surface area contributed by atoms with Crippen molar-refractivity contribution in [1.29, 1.82) is 0 Å². The molecule has 0 aliphatic carbocycles. The summed E-state index contributed by atoms with van der Waals surface area (Å²) < 4.78 is 5.28. The maximum Gasteiger partial charge on any atom is 0.234 e. The molecule has 1 aliphatic heterocycles. The van der Waals surface area contributed by atoms with Crippen LogP contribution in [0.3, 0.4) is 0 Å². The summed E-state index contributed by atoms with van der Waals surface area (Å²) in [5, 5.41) is 6.32. The van der Waals surface area contributed by atoms with E-state index < -0.39 is 0 Å². The van der Waals surface area contributed by atoms with Crippen molar-refractivity contribution in [2.24, 2.45) is 0 Å². The van der Waals surface area contributed by atoms with Crippen LogP contribution in [-0.4, -0.2) is 43.5 Å². The molecule has 5 heteroatoms. The number of piperidine rings is 1. The van der Waals surface area contributed by atoms with Crippen LogP contribution in [0, 0.1) is 0 Å². The van der Waals surface area contributed by atoms with Gasteiger partial charge in [0, 0.05) is 12.6 Å². The minimum absolute atomic E-state index is 0.0389. The van der Waals surface area contributed by atoms with Gasteiger partial charge in [0.1, 0.15) is 5.76 Å². The summed E-state index contributed by atoms with van der Waals surface area (Å²) in [4.78, 5) is 14.1. The molecule has 2 atom stereocenters. The number of carbonyl (C=O) groups excluding carboxylic acids is 1. The summed E-state index contributed by atoms with van der Waals surface area (Å²) in [6, 6.07) is 4.08. The van der Waals surface area contributed by atoms with Gasteiger partial charge in [0.05, 0.1) is 18.8 Å². The average molecular weight is 265 g/mol. The minimum atomic E-state index is -0.0830. The maximum atomic E-state index is 12.0. The summed E-state index contributed by atoms with van der Waals surface area (Å²) in [6.07, 6.45) is 3.96. The topological polar surface area (TPSA) is 57.5 Å². The van der Waals surface area contributed by atoms with Crippen LogP contribution in [0.5, 0.6) is 0 Å². The number of likely N-dealkylation sites (N-methyl/N-ethyl adjacent to an activating group) is 1. The van der Waals surface area contributed by atoms with Crippen LogP contribution >= 0.6 is 0 Å². The van der Waals surface area contributed by atoms with Gasteiger partial charge in [0.15, 0.2) is 0 Å². The number of amides is 1. The second kappa shape index (κ2) is 6.73. The Morgan fingerprint density at radius 3 is 3.16 bits per heavy atom. The molecular weight excluding hydrogens is 242 g/mol. The van der Waals surface area contributed by atoms with E-state index in [9.17, 15) is 4.79 Å². The molecule has 2 heterocycles. The van der Waals surface area contributed by atoms with Crippen molar-refractivity contribution in [2.45, 2.75) is 31.8 Å². The molecule has 1 aliphatic rings. The monoisotopic (exact) mass is 265 g/mol. The van der Waals surface area contributed by atoms with E-state index in [1.807, 2.05) is 26.1 Å². The van der Waals surface area contributed by atoms with Crippen LogP contribution in [0.1, 0.15) is 31.6 Å². The van der Waals surface area contributed by atoms with Crippen molar-refractivity contribution in [2.75, 3.05) is 26.7 Å². The van der Waals surface area contributed by atoms with E-state index in [-0.39, 0.29) is 11.9 Å². The Hall–Kier alpha value is -1.33. The van der Waals surface area contributed by atoms with Crippen molar-refractivity contribution in [1.82, 2.24) is 15.5 Å². The Morgan fingerprint density at radius 2 is 2.53 bits per heavy atom. The van der Waals surface area contributed by atoms with E-state index in [0.29, 0.717) is 12.6 Å². The van der Waals surface area contributed by atoms with Gasteiger partial charge >= 0.3 is 0 Å². The van der Waals surface area contributed by atoms with Gasteiger partial charge in [-0.3, -0.25) is 9.69 Å². The van der Waals surface area contributed by atoms with Gasteiger partial charge in [-0.1, -0.05) is 0 Å². The zero-order valence-corrected chi connectivity index (χ0v) is 11.7. The molecule has 2 N–H and O–H groups in total. The summed E-state index contributed by atoms with van der Waals surface area (Å²) in [6.45, 7) is 4.42.